The molecule has 0 spiro atoms. The van der Waals surface area contributed by atoms with Crippen LogP contribution in [0.2, 0.25) is 0 Å². The van der Waals surface area contributed by atoms with Crippen molar-refractivity contribution in [1.29, 1.82) is 0 Å². The number of carbonyl (C=O) groups is 1. The molecule has 3 aromatic rings. The van der Waals surface area contributed by atoms with E-state index in [0.717, 1.165) is 35.0 Å². The van der Waals surface area contributed by atoms with Crippen LogP contribution >= 0.6 is 0 Å². The van der Waals surface area contributed by atoms with Crippen LogP contribution < -0.4 is 10.6 Å². The predicted molar refractivity (Wildman–Crippen MR) is 88.9 cm³/mol. The molecule has 3 heterocycles. The third-order valence-electron chi connectivity index (χ3n) is 4.16. The summed E-state index contributed by atoms with van der Waals surface area (Å²) in [6, 6.07) is 8.10. The number of aryl methyl sites for hydroxylation is 1. The zero-order chi connectivity index (χ0) is 15.8. The van der Waals surface area contributed by atoms with Crippen LogP contribution in [0.5, 0.6) is 0 Å². The van der Waals surface area contributed by atoms with E-state index in [0.29, 0.717) is 5.82 Å². The summed E-state index contributed by atoms with van der Waals surface area (Å²) in [5.74, 6) is 0.672. The first kappa shape index (κ1) is 13.9. The first-order valence-corrected chi connectivity index (χ1v) is 7.59. The Kier molecular flexibility index (Phi) is 3.31. The summed E-state index contributed by atoms with van der Waals surface area (Å²) in [5.41, 5.74) is 2.16. The number of benzene rings is 1. The molecule has 4 rings (SSSR count). The summed E-state index contributed by atoms with van der Waals surface area (Å²) in [6.07, 6.45) is 5.61. The van der Waals surface area contributed by atoms with Gasteiger partial charge < -0.3 is 10.6 Å². The fourth-order valence-electron chi connectivity index (χ4n) is 2.66. The molecule has 2 aromatic heterocycles. The van der Waals surface area contributed by atoms with Crippen molar-refractivity contribution in [1.82, 2.24) is 20.1 Å². The van der Waals surface area contributed by atoms with Crippen molar-refractivity contribution in [2.45, 2.75) is 0 Å². The third-order valence-corrected chi connectivity index (χ3v) is 4.16. The number of pyridine rings is 1. The van der Waals surface area contributed by atoms with E-state index in [4.69, 9.17) is 0 Å². The molecule has 0 saturated carbocycles. The fourth-order valence-corrected chi connectivity index (χ4v) is 2.66. The Morgan fingerprint density at radius 3 is 2.78 bits per heavy atom. The maximum atomic E-state index is 12.0. The zero-order valence-corrected chi connectivity index (χ0v) is 12.8. The van der Waals surface area contributed by atoms with Gasteiger partial charge in [-0.1, -0.05) is 12.1 Å². The lowest BCUT2D eigenvalue weighted by atomic mass is 10.0. The SMILES string of the molecule is Cn1cc(-c2ccc3cnc(NC(=O)C4CNC4)cc3c2)cn1. The maximum Gasteiger partial charge on any atom is 0.231 e. The maximum absolute atomic E-state index is 12.0. The van der Waals surface area contributed by atoms with E-state index in [1.54, 1.807) is 10.9 Å². The molecule has 1 fully saturated rings. The van der Waals surface area contributed by atoms with Gasteiger partial charge in [-0.2, -0.15) is 5.10 Å². The van der Waals surface area contributed by atoms with Gasteiger partial charge in [-0.25, -0.2) is 4.98 Å². The Hall–Kier alpha value is -2.73. The summed E-state index contributed by atoms with van der Waals surface area (Å²) in [7, 11) is 1.90. The zero-order valence-electron chi connectivity index (χ0n) is 12.8. The summed E-state index contributed by atoms with van der Waals surface area (Å²) < 4.78 is 1.78. The highest BCUT2D eigenvalue weighted by molar-refractivity contribution is 5.95. The lowest BCUT2D eigenvalue weighted by molar-refractivity contribution is -0.121. The average molecular weight is 307 g/mol. The van der Waals surface area contributed by atoms with Crippen molar-refractivity contribution < 1.29 is 4.79 Å². The van der Waals surface area contributed by atoms with E-state index in [2.05, 4.69) is 32.8 Å². The number of hydrogen-bond acceptors (Lipinski definition) is 4. The molecule has 6 heteroatoms. The van der Waals surface area contributed by atoms with Crippen molar-refractivity contribution in [2.75, 3.05) is 18.4 Å². The fraction of sp³-hybridized carbons (Fsp3) is 0.235. The average Bonchev–Trinajstić information content (AvgIpc) is 2.91. The summed E-state index contributed by atoms with van der Waals surface area (Å²) in [5, 5.41) is 12.3. The third kappa shape index (κ3) is 2.68. The molecule has 1 aromatic carbocycles. The quantitative estimate of drug-likeness (QED) is 0.774. The van der Waals surface area contributed by atoms with E-state index in [9.17, 15) is 4.79 Å². The molecule has 0 aliphatic carbocycles. The number of rotatable bonds is 3. The number of amides is 1. The molecule has 1 saturated heterocycles. The van der Waals surface area contributed by atoms with Crippen molar-refractivity contribution in [3.63, 3.8) is 0 Å². The predicted octanol–water partition coefficient (Wildman–Crippen LogP) is 1.79. The number of hydrogen-bond donors (Lipinski definition) is 2. The second-order valence-electron chi connectivity index (χ2n) is 5.88. The van der Waals surface area contributed by atoms with Gasteiger partial charge in [0.25, 0.3) is 0 Å². The minimum absolute atomic E-state index is 0.0269. The van der Waals surface area contributed by atoms with Gasteiger partial charge in [0.15, 0.2) is 0 Å². The minimum atomic E-state index is 0.0269. The number of fused-ring (bicyclic) bond motifs is 1. The standard InChI is InChI=1S/C17H17N5O/c1-22-10-15(9-20-22)11-2-3-12-8-19-16(5-13(12)4-11)21-17(23)14-6-18-7-14/h2-5,8-10,14,18H,6-7H2,1H3,(H,19,21,23). The molecule has 0 atom stereocenters. The molecule has 0 bridgehead atoms. The number of nitrogens with zero attached hydrogens (tertiary/aromatic N) is 3. The number of aromatic nitrogens is 3. The molecule has 1 aliphatic heterocycles. The largest absolute Gasteiger partial charge is 0.315 e. The van der Waals surface area contributed by atoms with Crippen LogP contribution in [0.25, 0.3) is 21.9 Å². The van der Waals surface area contributed by atoms with E-state index >= 15 is 0 Å². The second-order valence-corrected chi connectivity index (χ2v) is 5.88. The van der Waals surface area contributed by atoms with Crippen LogP contribution in [-0.2, 0) is 11.8 Å². The molecule has 0 radical (unpaired) electrons. The Labute approximate surface area is 133 Å². The van der Waals surface area contributed by atoms with Gasteiger partial charge in [0.2, 0.25) is 5.91 Å². The van der Waals surface area contributed by atoms with Crippen molar-refractivity contribution in [3.8, 4) is 11.1 Å². The molecular weight excluding hydrogens is 290 g/mol. The van der Waals surface area contributed by atoms with Crippen molar-refractivity contribution in [2.24, 2.45) is 13.0 Å². The molecular formula is C17H17N5O. The van der Waals surface area contributed by atoms with Gasteiger partial charge >= 0.3 is 0 Å². The van der Waals surface area contributed by atoms with Crippen LogP contribution in [0, 0.1) is 5.92 Å². The smallest absolute Gasteiger partial charge is 0.231 e. The van der Waals surface area contributed by atoms with Crippen LogP contribution in [-0.4, -0.2) is 33.8 Å². The van der Waals surface area contributed by atoms with Gasteiger partial charge in [0, 0.05) is 43.5 Å². The summed E-state index contributed by atoms with van der Waals surface area (Å²) in [4.78, 5) is 16.3. The molecule has 116 valence electrons. The Morgan fingerprint density at radius 1 is 1.22 bits per heavy atom. The molecule has 2 N–H and O–H groups in total. The first-order chi connectivity index (χ1) is 11.2. The minimum Gasteiger partial charge on any atom is -0.315 e. The number of carbonyl (C=O) groups excluding carboxylic acids is 1. The highest BCUT2D eigenvalue weighted by Crippen LogP contribution is 2.25. The van der Waals surface area contributed by atoms with Crippen LogP contribution in [0.3, 0.4) is 0 Å². The van der Waals surface area contributed by atoms with Gasteiger partial charge in [-0.15, -0.1) is 0 Å². The van der Waals surface area contributed by atoms with Crippen LogP contribution in [0.4, 0.5) is 5.82 Å². The molecule has 1 amide bonds. The Balaban J connectivity index is 1.65. The van der Waals surface area contributed by atoms with Gasteiger partial charge in [0.1, 0.15) is 5.82 Å². The van der Waals surface area contributed by atoms with Gasteiger partial charge in [-0.05, 0) is 23.1 Å². The lowest BCUT2D eigenvalue weighted by Gasteiger charge is -2.25. The normalized spacial score (nSPS) is 14.7. The highest BCUT2D eigenvalue weighted by Gasteiger charge is 2.24. The topological polar surface area (TPSA) is 71.8 Å². The molecule has 23 heavy (non-hydrogen) atoms. The van der Waals surface area contributed by atoms with E-state index in [1.807, 2.05) is 31.6 Å². The number of anilines is 1. The highest BCUT2D eigenvalue weighted by atomic mass is 16.2. The van der Waals surface area contributed by atoms with Crippen LogP contribution in [0.1, 0.15) is 0 Å². The Morgan fingerprint density at radius 2 is 2.09 bits per heavy atom. The first-order valence-electron chi connectivity index (χ1n) is 7.59. The second kappa shape index (κ2) is 5.48. The molecule has 6 nitrogen and oxygen atoms in total. The molecule has 1 aliphatic rings. The van der Waals surface area contributed by atoms with Gasteiger partial charge in [-0.3, -0.25) is 9.48 Å². The Bertz CT molecular complexity index is 882. The number of nitrogens with one attached hydrogen (secondary N) is 2. The van der Waals surface area contributed by atoms with Crippen LogP contribution in [0.15, 0.2) is 42.9 Å². The summed E-state index contributed by atoms with van der Waals surface area (Å²) in [6.45, 7) is 1.48. The van der Waals surface area contributed by atoms with Gasteiger partial charge in [0.05, 0.1) is 12.1 Å². The van der Waals surface area contributed by atoms with Crippen molar-refractivity contribution >= 4 is 22.5 Å². The molecule has 0 unspecified atom stereocenters. The van der Waals surface area contributed by atoms with E-state index in [-0.39, 0.29) is 11.8 Å². The van der Waals surface area contributed by atoms with E-state index in [1.165, 1.54) is 0 Å². The monoisotopic (exact) mass is 307 g/mol. The van der Waals surface area contributed by atoms with Crippen molar-refractivity contribution in [3.05, 3.63) is 42.9 Å². The lowest BCUT2D eigenvalue weighted by Crippen LogP contribution is -2.48. The van der Waals surface area contributed by atoms with E-state index < -0.39 is 0 Å². The summed E-state index contributed by atoms with van der Waals surface area (Å²) >= 11 is 0.